The standard InChI is InChI=1S/C18H28N4O3/c1-12-11-24-7-6-21(12)14-9-17(19-18(23)10-14)22-5-3-4-16(22)15-8-13(2)25-20-15/h8,12,14,16-17H,3-7,9-11H2,1-2H3,(H,19,23)/t12-,14?,16-,17?/m1/s1. The second-order valence-electron chi connectivity index (χ2n) is 7.60. The number of hydrogen-bond acceptors (Lipinski definition) is 6. The number of nitrogens with one attached hydrogen (secondary N) is 1. The van der Waals surface area contributed by atoms with Crippen molar-refractivity contribution in [1.82, 2.24) is 20.3 Å². The van der Waals surface area contributed by atoms with Crippen molar-refractivity contribution in [3.63, 3.8) is 0 Å². The molecule has 4 rings (SSSR count). The van der Waals surface area contributed by atoms with Crippen molar-refractivity contribution >= 4 is 5.91 Å². The van der Waals surface area contributed by atoms with Crippen LogP contribution in [0.4, 0.5) is 0 Å². The maximum absolute atomic E-state index is 12.4. The molecule has 25 heavy (non-hydrogen) atoms. The zero-order valence-electron chi connectivity index (χ0n) is 15.1. The molecule has 138 valence electrons. The average Bonchev–Trinajstić information content (AvgIpc) is 3.23. The molecule has 7 heteroatoms. The third-order valence-electron chi connectivity index (χ3n) is 5.81. The van der Waals surface area contributed by atoms with Gasteiger partial charge in [0.05, 0.1) is 25.4 Å². The van der Waals surface area contributed by atoms with Crippen LogP contribution in [0.3, 0.4) is 0 Å². The summed E-state index contributed by atoms with van der Waals surface area (Å²) in [5.74, 6) is 0.997. The topological polar surface area (TPSA) is 70.8 Å². The first-order chi connectivity index (χ1) is 12.1. The molecule has 3 fully saturated rings. The zero-order chi connectivity index (χ0) is 17.4. The lowest BCUT2D eigenvalue weighted by molar-refractivity contribution is -0.130. The molecule has 0 bridgehead atoms. The normalized spacial score (nSPS) is 35.0. The summed E-state index contributed by atoms with van der Waals surface area (Å²) < 4.78 is 10.8. The van der Waals surface area contributed by atoms with Crippen LogP contribution >= 0.6 is 0 Å². The van der Waals surface area contributed by atoms with E-state index >= 15 is 0 Å². The minimum absolute atomic E-state index is 0.0748. The number of aromatic nitrogens is 1. The van der Waals surface area contributed by atoms with E-state index in [4.69, 9.17) is 9.26 Å². The van der Waals surface area contributed by atoms with E-state index in [0.717, 1.165) is 57.0 Å². The molecule has 1 aromatic rings. The van der Waals surface area contributed by atoms with Crippen LogP contribution in [0.5, 0.6) is 0 Å². The number of piperidine rings is 1. The molecule has 0 aliphatic carbocycles. The van der Waals surface area contributed by atoms with Gasteiger partial charge in [-0.15, -0.1) is 0 Å². The Morgan fingerprint density at radius 1 is 1.32 bits per heavy atom. The number of ether oxygens (including phenoxy) is 1. The summed E-state index contributed by atoms with van der Waals surface area (Å²) in [6, 6.07) is 2.93. The largest absolute Gasteiger partial charge is 0.379 e. The molecular weight excluding hydrogens is 320 g/mol. The molecule has 2 unspecified atom stereocenters. The number of amides is 1. The summed E-state index contributed by atoms with van der Waals surface area (Å²) in [5.41, 5.74) is 0.992. The summed E-state index contributed by atoms with van der Waals surface area (Å²) in [4.78, 5) is 17.3. The summed E-state index contributed by atoms with van der Waals surface area (Å²) in [5, 5.41) is 7.45. The monoisotopic (exact) mass is 348 g/mol. The van der Waals surface area contributed by atoms with E-state index in [1.807, 2.05) is 13.0 Å². The van der Waals surface area contributed by atoms with E-state index in [0.29, 0.717) is 12.5 Å². The molecule has 3 aliphatic heterocycles. The Morgan fingerprint density at radius 3 is 2.96 bits per heavy atom. The van der Waals surface area contributed by atoms with Gasteiger partial charge in [-0.2, -0.15) is 0 Å². The van der Waals surface area contributed by atoms with Crippen LogP contribution in [0.2, 0.25) is 0 Å². The van der Waals surface area contributed by atoms with Crippen LogP contribution in [-0.2, 0) is 9.53 Å². The molecule has 0 saturated carbocycles. The van der Waals surface area contributed by atoms with E-state index in [9.17, 15) is 4.79 Å². The summed E-state index contributed by atoms with van der Waals surface area (Å²) >= 11 is 0. The Hall–Kier alpha value is -1.44. The predicted molar refractivity (Wildman–Crippen MR) is 91.9 cm³/mol. The average molecular weight is 348 g/mol. The van der Waals surface area contributed by atoms with Crippen LogP contribution in [0, 0.1) is 6.92 Å². The molecule has 1 aromatic heterocycles. The van der Waals surface area contributed by atoms with Crippen LogP contribution in [0.25, 0.3) is 0 Å². The summed E-state index contributed by atoms with van der Waals surface area (Å²) in [6.07, 6.45) is 3.82. The van der Waals surface area contributed by atoms with Crippen molar-refractivity contribution in [3.05, 3.63) is 17.5 Å². The van der Waals surface area contributed by atoms with Crippen LogP contribution in [-0.4, -0.2) is 65.4 Å². The number of carbonyl (C=O) groups excluding carboxylic acids is 1. The first-order valence-electron chi connectivity index (χ1n) is 9.43. The van der Waals surface area contributed by atoms with Gasteiger partial charge in [-0.05, 0) is 33.1 Å². The Balaban J connectivity index is 1.49. The van der Waals surface area contributed by atoms with E-state index < -0.39 is 0 Å². The van der Waals surface area contributed by atoms with Gasteiger partial charge in [0.2, 0.25) is 5.91 Å². The molecular formula is C18H28N4O3. The first-order valence-corrected chi connectivity index (χ1v) is 9.43. The molecule has 4 heterocycles. The predicted octanol–water partition coefficient (Wildman–Crippen LogP) is 1.45. The molecule has 7 nitrogen and oxygen atoms in total. The highest BCUT2D eigenvalue weighted by Crippen LogP contribution is 2.35. The number of hydrogen-bond donors (Lipinski definition) is 1. The minimum Gasteiger partial charge on any atom is -0.379 e. The Labute approximate surface area is 148 Å². The molecule has 0 spiro atoms. The van der Waals surface area contributed by atoms with E-state index in [2.05, 4.69) is 27.2 Å². The third-order valence-corrected chi connectivity index (χ3v) is 5.81. The lowest BCUT2D eigenvalue weighted by Gasteiger charge is -2.45. The zero-order valence-corrected chi connectivity index (χ0v) is 15.1. The lowest BCUT2D eigenvalue weighted by atomic mass is 9.98. The van der Waals surface area contributed by atoms with Crippen molar-refractivity contribution in [2.24, 2.45) is 0 Å². The second kappa shape index (κ2) is 7.05. The maximum atomic E-state index is 12.4. The highest BCUT2D eigenvalue weighted by molar-refractivity contribution is 5.77. The molecule has 3 aliphatic rings. The maximum Gasteiger partial charge on any atom is 0.222 e. The van der Waals surface area contributed by atoms with Gasteiger partial charge in [0.1, 0.15) is 11.5 Å². The van der Waals surface area contributed by atoms with Gasteiger partial charge in [0.25, 0.3) is 0 Å². The minimum atomic E-state index is 0.0748. The third kappa shape index (κ3) is 3.45. The number of rotatable bonds is 3. The summed E-state index contributed by atoms with van der Waals surface area (Å²) in [6.45, 7) is 7.54. The number of morpholine rings is 1. The fourth-order valence-corrected chi connectivity index (χ4v) is 4.63. The van der Waals surface area contributed by atoms with Gasteiger partial charge in [0, 0.05) is 37.7 Å². The van der Waals surface area contributed by atoms with Gasteiger partial charge in [-0.3, -0.25) is 14.6 Å². The van der Waals surface area contributed by atoms with Crippen molar-refractivity contribution in [2.75, 3.05) is 26.3 Å². The Bertz CT molecular complexity index is 619. The Morgan fingerprint density at radius 2 is 2.20 bits per heavy atom. The van der Waals surface area contributed by atoms with Crippen molar-refractivity contribution < 1.29 is 14.1 Å². The van der Waals surface area contributed by atoms with Crippen LogP contribution in [0.15, 0.2) is 10.6 Å². The smallest absolute Gasteiger partial charge is 0.222 e. The fraction of sp³-hybridized carbons (Fsp3) is 0.778. The van der Waals surface area contributed by atoms with Gasteiger partial charge in [0.15, 0.2) is 0 Å². The highest BCUT2D eigenvalue weighted by atomic mass is 16.5. The molecule has 3 saturated heterocycles. The highest BCUT2D eigenvalue weighted by Gasteiger charge is 2.40. The number of likely N-dealkylation sites (tertiary alicyclic amines) is 1. The molecule has 1 amide bonds. The lowest BCUT2D eigenvalue weighted by Crippen LogP contribution is -2.59. The van der Waals surface area contributed by atoms with E-state index in [1.165, 1.54) is 0 Å². The first kappa shape index (κ1) is 17.0. The van der Waals surface area contributed by atoms with Crippen LogP contribution < -0.4 is 5.32 Å². The molecule has 4 atom stereocenters. The summed E-state index contributed by atoms with van der Waals surface area (Å²) in [7, 11) is 0. The van der Waals surface area contributed by atoms with E-state index in [-0.39, 0.29) is 24.2 Å². The SMILES string of the molecule is Cc1cc([C@H]2CCCN2C2CC(N3CCOC[C@H]3C)CC(=O)N2)no1. The van der Waals surface area contributed by atoms with Gasteiger partial charge < -0.3 is 14.6 Å². The molecule has 1 N–H and O–H groups in total. The number of nitrogens with zero attached hydrogens (tertiary/aromatic N) is 3. The Kier molecular flexibility index (Phi) is 4.80. The fourth-order valence-electron chi connectivity index (χ4n) is 4.63. The van der Waals surface area contributed by atoms with Crippen molar-refractivity contribution in [1.29, 1.82) is 0 Å². The van der Waals surface area contributed by atoms with Crippen molar-refractivity contribution in [3.8, 4) is 0 Å². The number of carbonyl (C=O) groups is 1. The van der Waals surface area contributed by atoms with Crippen molar-refractivity contribution in [2.45, 2.75) is 63.8 Å². The van der Waals surface area contributed by atoms with Gasteiger partial charge in [-0.1, -0.05) is 5.16 Å². The van der Waals surface area contributed by atoms with Crippen LogP contribution in [0.1, 0.15) is 50.1 Å². The number of aryl methyl sites for hydroxylation is 1. The second-order valence-corrected chi connectivity index (χ2v) is 7.60. The molecule has 0 aromatic carbocycles. The quantitative estimate of drug-likeness (QED) is 0.891. The van der Waals surface area contributed by atoms with E-state index in [1.54, 1.807) is 0 Å². The van der Waals surface area contributed by atoms with Gasteiger partial charge in [-0.25, -0.2) is 0 Å². The molecule has 0 radical (unpaired) electrons. The van der Waals surface area contributed by atoms with Gasteiger partial charge >= 0.3 is 0 Å².